The molecule has 3 heteroatoms. The molecule has 86 valence electrons. The molecule has 3 rings (SSSR count). The molecule has 1 aliphatic heterocycles. The summed E-state index contributed by atoms with van der Waals surface area (Å²) in [5, 5.41) is 3.08. The van der Waals surface area contributed by atoms with Crippen LogP contribution in [0.15, 0.2) is 49.1 Å². The van der Waals surface area contributed by atoms with Gasteiger partial charge in [0.05, 0.1) is 0 Å². The van der Waals surface area contributed by atoms with Crippen LogP contribution in [0.4, 0.5) is 0 Å². The molecule has 17 heavy (non-hydrogen) atoms. The first-order chi connectivity index (χ1) is 8.42. The molecular weight excluding hydrogens is 224 g/mol. The minimum Gasteiger partial charge on any atom is -0.265 e. The van der Waals surface area contributed by atoms with Crippen molar-refractivity contribution >= 4 is 18.4 Å². The summed E-state index contributed by atoms with van der Waals surface area (Å²) in [6.45, 7) is 0. The highest BCUT2D eigenvalue weighted by atomic mass is 28.3. The van der Waals surface area contributed by atoms with Crippen molar-refractivity contribution in [2.75, 3.05) is 0 Å². The van der Waals surface area contributed by atoms with Crippen LogP contribution in [-0.2, 0) is 0 Å². The van der Waals surface area contributed by atoms with Crippen molar-refractivity contribution in [3.05, 3.63) is 49.1 Å². The molecule has 0 amide bonds. The first kappa shape index (κ1) is 10.7. The third-order valence-corrected chi connectivity index (χ3v) is 9.21. The van der Waals surface area contributed by atoms with Gasteiger partial charge in [0.25, 0.3) is 0 Å². The van der Waals surface area contributed by atoms with Crippen molar-refractivity contribution in [1.29, 1.82) is 0 Å². The van der Waals surface area contributed by atoms with E-state index in [9.17, 15) is 0 Å². The highest BCUT2D eigenvalue weighted by Crippen LogP contribution is 2.29. The maximum Gasteiger partial charge on any atom is 0.118 e. The van der Waals surface area contributed by atoms with E-state index >= 15 is 0 Å². The normalized spacial score (nSPS) is 18.1. The van der Waals surface area contributed by atoms with Crippen LogP contribution in [0, 0.1) is 0 Å². The Morgan fingerprint density at radius 2 is 1.12 bits per heavy atom. The summed E-state index contributed by atoms with van der Waals surface area (Å²) >= 11 is 0. The summed E-state index contributed by atoms with van der Waals surface area (Å²) in [5.41, 5.74) is 0. The Morgan fingerprint density at radius 3 is 1.53 bits per heavy atom. The topological polar surface area (TPSA) is 25.8 Å². The number of rotatable bonds is 2. The summed E-state index contributed by atoms with van der Waals surface area (Å²) < 4.78 is 0. The molecule has 2 aromatic rings. The Hall–Kier alpha value is -1.48. The maximum absolute atomic E-state index is 4.15. The Morgan fingerprint density at radius 1 is 0.706 bits per heavy atom. The number of pyridine rings is 2. The minimum atomic E-state index is -1.46. The van der Waals surface area contributed by atoms with Gasteiger partial charge in [-0.15, -0.1) is 0 Å². The predicted octanol–water partition coefficient (Wildman–Crippen LogP) is 1.83. The van der Waals surface area contributed by atoms with Crippen molar-refractivity contribution < 1.29 is 0 Å². The van der Waals surface area contributed by atoms with Crippen molar-refractivity contribution in [3.63, 3.8) is 0 Å². The van der Waals surface area contributed by atoms with Gasteiger partial charge < -0.3 is 0 Å². The highest BCUT2D eigenvalue weighted by molar-refractivity contribution is 7.02. The largest absolute Gasteiger partial charge is 0.265 e. The van der Waals surface area contributed by atoms with Crippen LogP contribution in [0.2, 0.25) is 12.1 Å². The first-order valence-corrected chi connectivity index (χ1v) is 8.64. The molecule has 1 aliphatic rings. The van der Waals surface area contributed by atoms with E-state index in [1.54, 1.807) is 0 Å². The van der Waals surface area contributed by atoms with Gasteiger partial charge in [-0.3, -0.25) is 9.97 Å². The van der Waals surface area contributed by atoms with Crippen molar-refractivity contribution in [2.45, 2.75) is 24.9 Å². The Balaban J connectivity index is 2.11. The van der Waals surface area contributed by atoms with Gasteiger partial charge >= 0.3 is 0 Å². The number of nitrogens with zero attached hydrogens (tertiary/aromatic N) is 2. The molecular formula is C14H16N2Si. The average molecular weight is 240 g/mol. The fourth-order valence-corrected chi connectivity index (χ4v) is 8.08. The number of hydrogen-bond acceptors (Lipinski definition) is 2. The Labute approximate surface area is 103 Å². The van der Waals surface area contributed by atoms with Crippen LogP contribution >= 0.6 is 0 Å². The zero-order valence-electron chi connectivity index (χ0n) is 9.84. The standard InChI is InChI=1S/C14H16N2Si/c1-2-12-17(11-1,13-3-7-15-8-4-13)14-5-9-16-10-6-14/h3-10H,1-2,11-12H2. The lowest BCUT2D eigenvalue weighted by atomic mass is 10.4. The van der Waals surface area contributed by atoms with Gasteiger partial charge in [0.2, 0.25) is 0 Å². The molecule has 2 nitrogen and oxygen atoms in total. The molecule has 0 unspecified atom stereocenters. The molecule has 1 saturated heterocycles. The zero-order chi connectivity index (χ0) is 11.6. The van der Waals surface area contributed by atoms with Crippen LogP contribution in [0.3, 0.4) is 0 Å². The zero-order valence-corrected chi connectivity index (χ0v) is 10.8. The van der Waals surface area contributed by atoms with Gasteiger partial charge in [0.1, 0.15) is 8.07 Å². The summed E-state index contributed by atoms with van der Waals surface area (Å²) in [5.74, 6) is 0. The molecule has 0 saturated carbocycles. The highest BCUT2D eigenvalue weighted by Gasteiger charge is 2.39. The van der Waals surface area contributed by atoms with Crippen molar-refractivity contribution in [2.24, 2.45) is 0 Å². The summed E-state index contributed by atoms with van der Waals surface area (Å²) in [6.07, 6.45) is 10.5. The number of aromatic nitrogens is 2. The van der Waals surface area contributed by atoms with Crippen LogP contribution in [0.1, 0.15) is 12.8 Å². The van der Waals surface area contributed by atoms with E-state index in [0.29, 0.717) is 0 Å². The van der Waals surface area contributed by atoms with Gasteiger partial charge in [-0.1, -0.05) is 23.2 Å². The molecule has 0 atom stereocenters. The summed E-state index contributed by atoms with van der Waals surface area (Å²) in [6, 6.07) is 11.6. The summed E-state index contributed by atoms with van der Waals surface area (Å²) in [7, 11) is -1.46. The predicted molar refractivity (Wildman–Crippen MR) is 72.3 cm³/mol. The third-order valence-electron chi connectivity index (χ3n) is 3.92. The molecule has 0 spiro atoms. The fourth-order valence-electron chi connectivity index (χ4n) is 3.06. The summed E-state index contributed by atoms with van der Waals surface area (Å²) in [4.78, 5) is 8.30. The Kier molecular flexibility index (Phi) is 2.77. The van der Waals surface area contributed by atoms with E-state index in [0.717, 1.165) is 0 Å². The Bertz CT molecular complexity index is 437. The molecule has 0 N–H and O–H groups in total. The average Bonchev–Trinajstić information content (AvgIpc) is 2.91. The van der Waals surface area contributed by atoms with E-state index < -0.39 is 8.07 Å². The van der Waals surface area contributed by atoms with Crippen LogP contribution < -0.4 is 10.4 Å². The maximum atomic E-state index is 4.15. The van der Waals surface area contributed by atoms with Crippen molar-refractivity contribution in [3.8, 4) is 0 Å². The molecule has 1 fully saturated rings. The molecule has 2 aromatic heterocycles. The van der Waals surface area contributed by atoms with E-state index in [2.05, 4.69) is 34.2 Å². The van der Waals surface area contributed by atoms with Crippen LogP contribution in [0.25, 0.3) is 0 Å². The van der Waals surface area contributed by atoms with E-state index in [1.807, 2.05) is 24.8 Å². The van der Waals surface area contributed by atoms with Crippen LogP contribution in [-0.4, -0.2) is 18.0 Å². The quantitative estimate of drug-likeness (QED) is 0.749. The van der Waals surface area contributed by atoms with Gasteiger partial charge in [-0.2, -0.15) is 0 Å². The first-order valence-electron chi connectivity index (χ1n) is 6.23. The second-order valence-electron chi connectivity index (χ2n) is 4.76. The fraction of sp³-hybridized carbons (Fsp3) is 0.286. The smallest absolute Gasteiger partial charge is 0.118 e. The second kappa shape index (κ2) is 4.41. The van der Waals surface area contributed by atoms with Crippen LogP contribution in [0.5, 0.6) is 0 Å². The molecule has 0 aromatic carbocycles. The van der Waals surface area contributed by atoms with E-state index in [1.165, 1.54) is 35.3 Å². The van der Waals surface area contributed by atoms with Gasteiger partial charge in [0, 0.05) is 24.8 Å². The lowest BCUT2D eigenvalue weighted by Crippen LogP contribution is -2.55. The molecule has 0 bridgehead atoms. The lowest BCUT2D eigenvalue weighted by Gasteiger charge is -2.27. The SMILES string of the molecule is c1cc([Si]2(c3ccncc3)CCCC2)ccn1. The molecule has 0 aliphatic carbocycles. The van der Waals surface area contributed by atoms with E-state index in [-0.39, 0.29) is 0 Å². The molecule has 3 heterocycles. The monoisotopic (exact) mass is 240 g/mol. The van der Waals surface area contributed by atoms with Gasteiger partial charge in [-0.05, 0) is 36.4 Å². The lowest BCUT2D eigenvalue weighted by molar-refractivity contribution is 0.935. The van der Waals surface area contributed by atoms with Gasteiger partial charge in [-0.25, -0.2) is 0 Å². The number of hydrogen-bond donors (Lipinski definition) is 0. The molecule has 0 radical (unpaired) electrons. The van der Waals surface area contributed by atoms with Gasteiger partial charge in [0.15, 0.2) is 0 Å². The second-order valence-corrected chi connectivity index (χ2v) is 9.08. The van der Waals surface area contributed by atoms with E-state index in [4.69, 9.17) is 0 Å². The minimum absolute atomic E-state index is 1.37. The van der Waals surface area contributed by atoms with Crippen molar-refractivity contribution in [1.82, 2.24) is 9.97 Å². The third kappa shape index (κ3) is 1.80.